The highest BCUT2D eigenvalue weighted by Gasteiger charge is 2.09. The van der Waals surface area contributed by atoms with Crippen LogP contribution >= 0.6 is 11.8 Å². The minimum Gasteiger partial charge on any atom is -0.325 e. The van der Waals surface area contributed by atoms with E-state index in [-0.39, 0.29) is 5.91 Å². The molecule has 124 valence electrons. The van der Waals surface area contributed by atoms with Crippen LogP contribution in [-0.4, -0.2) is 26.4 Å². The van der Waals surface area contributed by atoms with Gasteiger partial charge in [0.15, 0.2) is 5.16 Å². The van der Waals surface area contributed by atoms with E-state index in [1.54, 1.807) is 6.33 Å². The van der Waals surface area contributed by atoms with Gasteiger partial charge in [-0.2, -0.15) is 0 Å². The highest BCUT2D eigenvalue weighted by atomic mass is 32.2. The maximum absolute atomic E-state index is 12.1. The van der Waals surface area contributed by atoms with Crippen molar-refractivity contribution in [3.05, 3.63) is 35.7 Å². The Bertz CT molecular complexity index is 634. The van der Waals surface area contributed by atoms with E-state index < -0.39 is 0 Å². The third kappa shape index (κ3) is 5.71. The lowest BCUT2D eigenvalue weighted by atomic mass is 10.1. The minimum atomic E-state index is -0.0249. The lowest BCUT2D eigenvalue weighted by Gasteiger charge is -2.08. The molecule has 6 heteroatoms. The Morgan fingerprint density at radius 2 is 1.96 bits per heavy atom. The van der Waals surface area contributed by atoms with Crippen LogP contribution in [0.3, 0.4) is 0 Å². The van der Waals surface area contributed by atoms with E-state index in [2.05, 4.69) is 28.5 Å². The highest BCUT2D eigenvalue weighted by molar-refractivity contribution is 7.99. The second-order valence-corrected chi connectivity index (χ2v) is 6.67. The van der Waals surface area contributed by atoms with Crippen LogP contribution in [-0.2, 0) is 11.3 Å². The summed E-state index contributed by atoms with van der Waals surface area (Å²) in [6, 6.07) is 6.04. The van der Waals surface area contributed by atoms with Crippen molar-refractivity contribution < 1.29 is 4.79 Å². The third-order valence-electron chi connectivity index (χ3n) is 3.42. The summed E-state index contributed by atoms with van der Waals surface area (Å²) < 4.78 is 2.02. The summed E-state index contributed by atoms with van der Waals surface area (Å²) in [6.07, 6.45) is 5.22. The Hall–Kier alpha value is -1.82. The maximum atomic E-state index is 12.1. The molecule has 0 bridgehead atoms. The van der Waals surface area contributed by atoms with Crippen LogP contribution < -0.4 is 5.32 Å². The Labute approximate surface area is 141 Å². The zero-order chi connectivity index (χ0) is 16.7. The van der Waals surface area contributed by atoms with Crippen LogP contribution in [0.15, 0.2) is 29.7 Å². The van der Waals surface area contributed by atoms with E-state index in [4.69, 9.17) is 0 Å². The van der Waals surface area contributed by atoms with Gasteiger partial charge in [-0.1, -0.05) is 37.6 Å². The van der Waals surface area contributed by atoms with E-state index in [0.29, 0.717) is 5.75 Å². The number of carbonyl (C=O) groups excluding carboxylic acids is 1. The molecular formula is C17H24N4OS. The van der Waals surface area contributed by atoms with Gasteiger partial charge in [-0.05, 0) is 43.5 Å². The van der Waals surface area contributed by atoms with E-state index in [9.17, 15) is 4.79 Å². The van der Waals surface area contributed by atoms with Crippen molar-refractivity contribution >= 4 is 23.4 Å². The molecule has 0 aliphatic carbocycles. The van der Waals surface area contributed by atoms with Crippen LogP contribution in [0.4, 0.5) is 5.69 Å². The molecule has 0 unspecified atom stereocenters. The predicted molar refractivity (Wildman–Crippen MR) is 94.8 cm³/mol. The van der Waals surface area contributed by atoms with Gasteiger partial charge >= 0.3 is 0 Å². The highest BCUT2D eigenvalue weighted by Crippen LogP contribution is 2.18. The Balaban J connectivity index is 1.86. The van der Waals surface area contributed by atoms with E-state index in [1.165, 1.54) is 24.6 Å². The van der Waals surface area contributed by atoms with Gasteiger partial charge in [0.05, 0.1) is 5.75 Å². The Kier molecular flexibility index (Phi) is 6.65. The number of hydrogen-bond acceptors (Lipinski definition) is 4. The average Bonchev–Trinajstić information content (AvgIpc) is 2.92. The van der Waals surface area contributed by atoms with E-state index in [1.807, 2.05) is 30.5 Å². The molecule has 0 saturated carbocycles. The fourth-order valence-corrected chi connectivity index (χ4v) is 3.16. The molecule has 2 aromatic rings. The summed E-state index contributed by atoms with van der Waals surface area (Å²) in [5.74, 6) is 0.308. The van der Waals surface area contributed by atoms with Crippen LogP contribution in [0.2, 0.25) is 0 Å². The largest absolute Gasteiger partial charge is 0.325 e. The zero-order valence-corrected chi connectivity index (χ0v) is 14.8. The predicted octanol–water partition coefficient (Wildman–Crippen LogP) is 3.82. The molecule has 5 nitrogen and oxygen atoms in total. The molecule has 1 N–H and O–H groups in total. The van der Waals surface area contributed by atoms with E-state index >= 15 is 0 Å². The number of carbonyl (C=O) groups is 1. The van der Waals surface area contributed by atoms with Gasteiger partial charge in [0, 0.05) is 12.2 Å². The monoisotopic (exact) mass is 332 g/mol. The fourth-order valence-electron chi connectivity index (χ4n) is 2.42. The molecule has 0 saturated heterocycles. The molecule has 0 atom stereocenters. The van der Waals surface area contributed by atoms with Crippen molar-refractivity contribution in [1.82, 2.24) is 14.8 Å². The molecule has 0 radical (unpaired) electrons. The maximum Gasteiger partial charge on any atom is 0.234 e. The molecule has 0 fully saturated rings. The quantitative estimate of drug-likeness (QED) is 0.590. The van der Waals surface area contributed by atoms with Crippen LogP contribution in [0.25, 0.3) is 0 Å². The number of nitrogens with zero attached hydrogens (tertiary/aromatic N) is 3. The van der Waals surface area contributed by atoms with Gasteiger partial charge in [-0.3, -0.25) is 4.79 Å². The Morgan fingerprint density at radius 1 is 1.22 bits per heavy atom. The number of amides is 1. The first-order valence-corrected chi connectivity index (χ1v) is 8.96. The van der Waals surface area contributed by atoms with Gasteiger partial charge in [0.25, 0.3) is 0 Å². The summed E-state index contributed by atoms with van der Waals surface area (Å²) in [5, 5.41) is 11.8. The number of hydrogen-bond donors (Lipinski definition) is 1. The van der Waals surface area contributed by atoms with Gasteiger partial charge < -0.3 is 9.88 Å². The summed E-state index contributed by atoms with van der Waals surface area (Å²) >= 11 is 1.42. The lowest BCUT2D eigenvalue weighted by Crippen LogP contribution is -2.14. The number of benzene rings is 1. The topological polar surface area (TPSA) is 59.8 Å². The number of unbranched alkanes of at least 4 members (excludes halogenated alkanes) is 2. The van der Waals surface area contributed by atoms with Gasteiger partial charge in [-0.25, -0.2) is 0 Å². The molecular weight excluding hydrogens is 308 g/mol. The average molecular weight is 332 g/mol. The summed E-state index contributed by atoms with van der Waals surface area (Å²) in [7, 11) is 0. The second-order valence-electron chi connectivity index (χ2n) is 5.73. The molecule has 0 aliphatic heterocycles. The first-order valence-electron chi connectivity index (χ1n) is 7.97. The van der Waals surface area contributed by atoms with Crippen molar-refractivity contribution in [2.75, 3.05) is 11.1 Å². The van der Waals surface area contributed by atoms with Crippen molar-refractivity contribution in [3.8, 4) is 0 Å². The fraction of sp³-hybridized carbons (Fsp3) is 0.471. The molecule has 23 heavy (non-hydrogen) atoms. The molecule has 1 amide bonds. The first kappa shape index (κ1) is 17.5. The van der Waals surface area contributed by atoms with Gasteiger partial charge in [0.1, 0.15) is 6.33 Å². The zero-order valence-electron chi connectivity index (χ0n) is 14.0. The molecule has 0 aliphatic rings. The summed E-state index contributed by atoms with van der Waals surface area (Å²) in [6.45, 7) is 7.13. The molecule has 0 spiro atoms. The van der Waals surface area contributed by atoms with Crippen molar-refractivity contribution in [3.63, 3.8) is 0 Å². The SMILES string of the molecule is CCCCCn1cnnc1SCC(=O)Nc1cc(C)cc(C)c1. The van der Waals surface area contributed by atoms with E-state index in [0.717, 1.165) is 34.9 Å². The smallest absolute Gasteiger partial charge is 0.234 e. The second kappa shape index (κ2) is 8.72. The lowest BCUT2D eigenvalue weighted by molar-refractivity contribution is -0.113. The summed E-state index contributed by atoms with van der Waals surface area (Å²) in [5.41, 5.74) is 3.13. The number of thioether (sulfide) groups is 1. The molecule has 2 rings (SSSR count). The number of aryl methyl sites for hydroxylation is 3. The minimum absolute atomic E-state index is 0.0249. The first-order chi connectivity index (χ1) is 11.1. The standard InChI is InChI=1S/C17H24N4OS/c1-4-5-6-7-21-12-18-20-17(21)23-11-16(22)19-15-9-13(2)8-14(3)10-15/h8-10,12H,4-7,11H2,1-3H3,(H,19,22). The third-order valence-corrected chi connectivity index (χ3v) is 4.40. The number of anilines is 1. The van der Waals surface area contributed by atoms with Crippen LogP contribution in [0.1, 0.15) is 37.3 Å². The van der Waals surface area contributed by atoms with Crippen molar-refractivity contribution in [2.24, 2.45) is 0 Å². The van der Waals surface area contributed by atoms with Crippen molar-refractivity contribution in [2.45, 2.75) is 51.7 Å². The van der Waals surface area contributed by atoms with Crippen LogP contribution in [0, 0.1) is 13.8 Å². The molecule has 1 heterocycles. The summed E-state index contributed by atoms with van der Waals surface area (Å²) in [4.78, 5) is 12.1. The number of aromatic nitrogens is 3. The normalized spacial score (nSPS) is 10.7. The van der Waals surface area contributed by atoms with Crippen molar-refractivity contribution in [1.29, 1.82) is 0 Å². The van der Waals surface area contributed by atoms with Crippen LogP contribution in [0.5, 0.6) is 0 Å². The van der Waals surface area contributed by atoms with Gasteiger partial charge in [-0.15, -0.1) is 10.2 Å². The molecule has 1 aromatic carbocycles. The number of nitrogens with one attached hydrogen (secondary N) is 1. The van der Waals surface area contributed by atoms with Gasteiger partial charge in [0.2, 0.25) is 5.91 Å². The Morgan fingerprint density at radius 3 is 2.65 bits per heavy atom. The number of rotatable bonds is 8. The molecule has 1 aromatic heterocycles.